The Balaban J connectivity index is 2.13. The van der Waals surface area contributed by atoms with Gasteiger partial charge < -0.3 is 15.7 Å². The van der Waals surface area contributed by atoms with Crippen molar-refractivity contribution < 1.29 is 9.90 Å². The van der Waals surface area contributed by atoms with Gasteiger partial charge in [0.05, 0.1) is 17.2 Å². The monoisotopic (exact) mass is 407 g/mol. The van der Waals surface area contributed by atoms with Crippen molar-refractivity contribution in [3.8, 4) is 12.1 Å². The molecule has 3 rings (SSSR count). The fraction of sp³-hybridized carbons (Fsp3) is 0.333. The van der Waals surface area contributed by atoms with Crippen molar-refractivity contribution in [1.29, 1.82) is 10.5 Å². The van der Waals surface area contributed by atoms with Gasteiger partial charge in [0.1, 0.15) is 28.2 Å². The SMILES string of the molecule is CCc1c(C#N)c(SC(C(N)=O)c2ccccc2)nc(N2CCC(O)C2)c1C#N. The fourth-order valence-electron chi connectivity index (χ4n) is 3.46. The van der Waals surface area contributed by atoms with Crippen LogP contribution < -0.4 is 10.6 Å². The van der Waals surface area contributed by atoms with Crippen LogP contribution in [0, 0.1) is 22.7 Å². The predicted octanol–water partition coefficient (Wildman–Crippen LogP) is 2.28. The van der Waals surface area contributed by atoms with Gasteiger partial charge in [-0.1, -0.05) is 49.0 Å². The molecule has 1 aliphatic rings. The number of aliphatic hydroxyl groups is 1. The number of pyridine rings is 1. The van der Waals surface area contributed by atoms with E-state index in [9.17, 15) is 20.4 Å². The lowest BCUT2D eigenvalue weighted by Gasteiger charge is -2.22. The Morgan fingerprint density at radius 2 is 2.03 bits per heavy atom. The van der Waals surface area contributed by atoms with Crippen LogP contribution in [0.15, 0.2) is 35.4 Å². The Bertz CT molecular complexity index is 997. The molecule has 2 atom stereocenters. The number of carbonyl (C=O) groups is 1. The summed E-state index contributed by atoms with van der Waals surface area (Å²) >= 11 is 1.12. The summed E-state index contributed by atoms with van der Waals surface area (Å²) in [5.41, 5.74) is 7.60. The minimum absolute atomic E-state index is 0.291. The second-order valence-corrected chi connectivity index (χ2v) is 7.84. The number of aliphatic hydroxyl groups excluding tert-OH is 1. The lowest BCUT2D eigenvalue weighted by atomic mass is 10.0. The first-order valence-corrected chi connectivity index (χ1v) is 10.2. The van der Waals surface area contributed by atoms with Crippen LogP contribution in [-0.2, 0) is 11.2 Å². The van der Waals surface area contributed by atoms with Gasteiger partial charge in [-0.25, -0.2) is 4.98 Å². The highest BCUT2D eigenvalue weighted by Gasteiger charge is 2.29. The summed E-state index contributed by atoms with van der Waals surface area (Å²) in [7, 11) is 0. The molecule has 1 aromatic carbocycles. The maximum Gasteiger partial charge on any atom is 0.235 e. The van der Waals surface area contributed by atoms with Gasteiger partial charge in [0.15, 0.2) is 0 Å². The molecule has 1 fully saturated rings. The second-order valence-electron chi connectivity index (χ2n) is 6.75. The van der Waals surface area contributed by atoms with Gasteiger partial charge >= 0.3 is 0 Å². The third-order valence-corrected chi connectivity index (χ3v) is 6.14. The van der Waals surface area contributed by atoms with E-state index in [1.807, 2.05) is 30.0 Å². The van der Waals surface area contributed by atoms with Crippen LogP contribution in [0.3, 0.4) is 0 Å². The molecule has 0 radical (unpaired) electrons. The van der Waals surface area contributed by atoms with Crippen LogP contribution in [0.1, 0.15) is 40.8 Å². The Hall–Kier alpha value is -3.07. The topological polar surface area (TPSA) is 127 Å². The Morgan fingerprint density at radius 3 is 2.55 bits per heavy atom. The molecular weight excluding hydrogens is 386 g/mol. The number of nitriles is 2. The zero-order chi connectivity index (χ0) is 21.0. The quantitative estimate of drug-likeness (QED) is 0.703. The number of nitrogens with zero attached hydrogens (tertiary/aromatic N) is 4. The molecule has 3 N–H and O–H groups in total. The summed E-state index contributed by atoms with van der Waals surface area (Å²) in [6, 6.07) is 13.4. The van der Waals surface area contributed by atoms with Crippen molar-refractivity contribution in [3.63, 3.8) is 0 Å². The van der Waals surface area contributed by atoms with Crippen LogP contribution >= 0.6 is 11.8 Å². The summed E-state index contributed by atoms with van der Waals surface area (Å²) in [6.45, 7) is 2.82. The van der Waals surface area contributed by atoms with E-state index in [1.165, 1.54) is 0 Å². The third kappa shape index (κ3) is 4.19. The molecule has 7 nitrogen and oxygen atoms in total. The highest BCUT2D eigenvalue weighted by Crippen LogP contribution is 2.39. The third-order valence-electron chi connectivity index (χ3n) is 4.88. The molecule has 148 valence electrons. The predicted molar refractivity (Wildman–Crippen MR) is 110 cm³/mol. The largest absolute Gasteiger partial charge is 0.391 e. The first kappa shape index (κ1) is 20.7. The molecule has 2 heterocycles. The molecule has 8 heteroatoms. The average Bonchev–Trinajstić information content (AvgIpc) is 3.17. The molecular formula is C21H21N5O2S. The van der Waals surface area contributed by atoms with E-state index in [-0.39, 0.29) is 0 Å². The van der Waals surface area contributed by atoms with Crippen molar-refractivity contribution in [2.24, 2.45) is 5.73 Å². The molecule has 1 aliphatic heterocycles. The van der Waals surface area contributed by atoms with Gasteiger partial charge in [-0.05, 0) is 24.0 Å². The van der Waals surface area contributed by atoms with E-state index in [0.29, 0.717) is 53.5 Å². The number of aromatic nitrogens is 1. The van der Waals surface area contributed by atoms with E-state index in [1.54, 1.807) is 12.1 Å². The number of primary amides is 1. The lowest BCUT2D eigenvalue weighted by molar-refractivity contribution is -0.117. The molecule has 0 spiro atoms. The molecule has 29 heavy (non-hydrogen) atoms. The van der Waals surface area contributed by atoms with Gasteiger partial charge in [0, 0.05) is 13.1 Å². The molecule has 0 aliphatic carbocycles. The van der Waals surface area contributed by atoms with Crippen LogP contribution in [0.4, 0.5) is 5.82 Å². The number of nitrogens with two attached hydrogens (primary N) is 1. The van der Waals surface area contributed by atoms with Crippen molar-refractivity contribution in [2.45, 2.75) is 36.1 Å². The van der Waals surface area contributed by atoms with Crippen molar-refractivity contribution in [2.75, 3.05) is 18.0 Å². The van der Waals surface area contributed by atoms with Gasteiger partial charge in [-0.3, -0.25) is 4.79 Å². The molecule has 0 bridgehead atoms. The molecule has 2 aromatic rings. The zero-order valence-electron chi connectivity index (χ0n) is 16.0. The summed E-state index contributed by atoms with van der Waals surface area (Å²) in [6.07, 6.45) is 0.574. The van der Waals surface area contributed by atoms with Crippen LogP contribution in [0.25, 0.3) is 0 Å². The first-order valence-electron chi connectivity index (χ1n) is 9.31. The fourth-order valence-corrected chi connectivity index (χ4v) is 4.52. The van der Waals surface area contributed by atoms with E-state index in [0.717, 1.165) is 17.3 Å². The zero-order valence-corrected chi connectivity index (χ0v) is 16.8. The summed E-state index contributed by atoms with van der Waals surface area (Å²) < 4.78 is 0. The average molecular weight is 407 g/mol. The van der Waals surface area contributed by atoms with Crippen molar-refractivity contribution >= 4 is 23.5 Å². The first-order chi connectivity index (χ1) is 14.0. The Labute approximate surface area is 173 Å². The minimum Gasteiger partial charge on any atom is -0.391 e. The van der Waals surface area contributed by atoms with Gasteiger partial charge in [0.25, 0.3) is 0 Å². The van der Waals surface area contributed by atoms with Crippen molar-refractivity contribution in [3.05, 3.63) is 52.6 Å². The summed E-state index contributed by atoms with van der Waals surface area (Å²) in [4.78, 5) is 18.6. The highest BCUT2D eigenvalue weighted by molar-refractivity contribution is 8.00. The summed E-state index contributed by atoms with van der Waals surface area (Å²) in [5.74, 6) is -0.0916. The number of carbonyl (C=O) groups excluding carboxylic acids is 1. The maximum atomic E-state index is 12.2. The number of benzene rings is 1. The van der Waals surface area contributed by atoms with Gasteiger partial charge in [-0.2, -0.15) is 10.5 Å². The van der Waals surface area contributed by atoms with Crippen LogP contribution in [-0.4, -0.2) is 35.2 Å². The molecule has 1 saturated heterocycles. The number of β-amino-alcohol motifs (C(OH)–C–C–N with tert-alkyl or cyclic N) is 1. The number of amides is 1. The van der Waals surface area contributed by atoms with Crippen LogP contribution in [0.2, 0.25) is 0 Å². The molecule has 1 aromatic heterocycles. The van der Waals surface area contributed by atoms with Gasteiger partial charge in [0.2, 0.25) is 5.91 Å². The molecule has 1 amide bonds. The normalized spacial score (nSPS) is 16.8. The molecule has 0 saturated carbocycles. The van der Waals surface area contributed by atoms with E-state index >= 15 is 0 Å². The van der Waals surface area contributed by atoms with Crippen molar-refractivity contribution in [1.82, 2.24) is 4.98 Å². The standard InChI is InChI=1S/C21H21N5O2S/c1-2-15-16(10-22)20(26-9-8-14(27)12-26)25-21(17(15)11-23)29-18(19(24)28)13-6-4-3-5-7-13/h3-7,14,18,27H,2,8-9,12H2,1H3,(H2,24,28). The minimum atomic E-state index is -0.717. The highest BCUT2D eigenvalue weighted by atomic mass is 32.2. The lowest BCUT2D eigenvalue weighted by Crippen LogP contribution is -2.25. The van der Waals surface area contributed by atoms with E-state index in [2.05, 4.69) is 17.1 Å². The second kappa shape index (κ2) is 8.95. The van der Waals surface area contributed by atoms with E-state index in [4.69, 9.17) is 5.73 Å². The number of hydrogen-bond donors (Lipinski definition) is 2. The number of thioether (sulfide) groups is 1. The summed E-state index contributed by atoms with van der Waals surface area (Å²) in [5, 5.41) is 29.1. The van der Waals surface area contributed by atoms with Gasteiger partial charge in [-0.15, -0.1) is 0 Å². The maximum absolute atomic E-state index is 12.2. The smallest absolute Gasteiger partial charge is 0.235 e. The Kier molecular flexibility index (Phi) is 6.38. The Morgan fingerprint density at radius 1 is 1.34 bits per heavy atom. The van der Waals surface area contributed by atoms with E-state index < -0.39 is 17.3 Å². The number of rotatable bonds is 6. The number of anilines is 1. The van der Waals surface area contributed by atoms with Crippen LogP contribution in [0.5, 0.6) is 0 Å². The molecule has 2 unspecified atom stereocenters. The number of hydrogen-bond acceptors (Lipinski definition) is 7.